The molecule has 3 unspecified atom stereocenters. The van der Waals surface area contributed by atoms with Gasteiger partial charge < -0.3 is 5.32 Å². The van der Waals surface area contributed by atoms with E-state index < -0.39 is 0 Å². The van der Waals surface area contributed by atoms with Gasteiger partial charge in [-0.1, -0.05) is 26.2 Å². The lowest BCUT2D eigenvalue weighted by Gasteiger charge is -2.18. The molecule has 1 N–H and O–H groups in total. The number of hydrogen-bond acceptors (Lipinski definition) is 2. The maximum absolute atomic E-state index is 12.0. The molecule has 2 aliphatic heterocycles. The molecule has 2 saturated heterocycles. The molecule has 0 saturated carbocycles. The Kier molecular flexibility index (Phi) is 3.79. The highest BCUT2D eigenvalue weighted by Gasteiger charge is 2.41. The van der Waals surface area contributed by atoms with Gasteiger partial charge in [-0.15, -0.1) is 0 Å². The molecule has 0 spiro atoms. The van der Waals surface area contributed by atoms with Crippen LogP contribution in [0.4, 0.5) is 0 Å². The van der Waals surface area contributed by atoms with Crippen LogP contribution in [0.25, 0.3) is 0 Å². The molecule has 2 aliphatic rings. The molecule has 2 bridgehead atoms. The van der Waals surface area contributed by atoms with Crippen LogP contribution in [0.15, 0.2) is 0 Å². The van der Waals surface area contributed by atoms with E-state index in [1.165, 1.54) is 32.1 Å². The van der Waals surface area contributed by atoms with Crippen LogP contribution >= 0.6 is 0 Å². The summed E-state index contributed by atoms with van der Waals surface area (Å²) in [6.45, 7) is 2.21. The van der Waals surface area contributed by atoms with Gasteiger partial charge in [0, 0.05) is 24.4 Å². The summed E-state index contributed by atoms with van der Waals surface area (Å²) in [5.41, 5.74) is 0. The maximum Gasteiger partial charge on any atom is 0.137 e. The Morgan fingerprint density at radius 3 is 2.73 bits per heavy atom. The molecule has 3 atom stereocenters. The van der Waals surface area contributed by atoms with Crippen molar-refractivity contribution in [2.24, 2.45) is 5.92 Å². The van der Waals surface area contributed by atoms with Gasteiger partial charge in [-0.25, -0.2) is 0 Å². The number of nitrogens with one attached hydrogen (secondary N) is 1. The Morgan fingerprint density at radius 1 is 1.27 bits per heavy atom. The molecule has 0 aliphatic carbocycles. The van der Waals surface area contributed by atoms with E-state index in [4.69, 9.17) is 0 Å². The monoisotopic (exact) mass is 209 g/mol. The molecule has 0 aromatic carbocycles. The van der Waals surface area contributed by atoms with Crippen molar-refractivity contribution >= 4 is 5.78 Å². The highest BCUT2D eigenvalue weighted by molar-refractivity contribution is 5.82. The number of fused-ring (bicyclic) bond motifs is 2. The van der Waals surface area contributed by atoms with Crippen molar-refractivity contribution in [2.75, 3.05) is 0 Å². The predicted molar refractivity (Wildman–Crippen MR) is 61.8 cm³/mol. The smallest absolute Gasteiger partial charge is 0.137 e. The maximum atomic E-state index is 12.0. The molecular weight excluding hydrogens is 186 g/mol. The van der Waals surface area contributed by atoms with Crippen LogP contribution in [-0.2, 0) is 4.79 Å². The average Bonchev–Trinajstić information content (AvgIpc) is 2.85. The molecule has 2 rings (SSSR count). The molecule has 15 heavy (non-hydrogen) atoms. The molecule has 2 nitrogen and oxygen atoms in total. The van der Waals surface area contributed by atoms with E-state index in [0.29, 0.717) is 23.8 Å². The standard InChI is InChI=1S/C13H23NO/c1-2-3-4-5-6-13(15)11-9-10-7-8-12(11)14-10/h10-12,14H,2-9H2,1H3. The van der Waals surface area contributed by atoms with Crippen LogP contribution in [0.5, 0.6) is 0 Å². The van der Waals surface area contributed by atoms with Crippen LogP contribution in [0.3, 0.4) is 0 Å². The zero-order valence-corrected chi connectivity index (χ0v) is 9.80. The van der Waals surface area contributed by atoms with E-state index >= 15 is 0 Å². The summed E-state index contributed by atoms with van der Waals surface area (Å²) < 4.78 is 0. The lowest BCUT2D eigenvalue weighted by atomic mass is 9.84. The first-order valence-electron chi connectivity index (χ1n) is 6.60. The van der Waals surface area contributed by atoms with Crippen molar-refractivity contribution in [3.63, 3.8) is 0 Å². The van der Waals surface area contributed by atoms with E-state index in [2.05, 4.69) is 12.2 Å². The largest absolute Gasteiger partial charge is 0.310 e. The van der Waals surface area contributed by atoms with E-state index in [1.807, 2.05) is 0 Å². The fraction of sp³-hybridized carbons (Fsp3) is 0.923. The van der Waals surface area contributed by atoms with Gasteiger partial charge in [0.1, 0.15) is 5.78 Å². The molecule has 0 aromatic rings. The first-order chi connectivity index (χ1) is 7.31. The lowest BCUT2D eigenvalue weighted by molar-refractivity contribution is -0.123. The number of rotatable bonds is 6. The normalized spacial score (nSPS) is 33.5. The summed E-state index contributed by atoms with van der Waals surface area (Å²) in [4.78, 5) is 12.0. The molecule has 0 amide bonds. The average molecular weight is 209 g/mol. The van der Waals surface area contributed by atoms with Crippen LogP contribution in [0, 0.1) is 5.92 Å². The zero-order valence-electron chi connectivity index (χ0n) is 9.80. The Bertz CT molecular complexity index is 227. The second-order valence-corrected chi connectivity index (χ2v) is 5.17. The van der Waals surface area contributed by atoms with Crippen molar-refractivity contribution in [1.82, 2.24) is 5.32 Å². The van der Waals surface area contributed by atoms with Gasteiger partial charge in [0.15, 0.2) is 0 Å². The minimum absolute atomic E-state index is 0.366. The van der Waals surface area contributed by atoms with Gasteiger partial charge in [0.05, 0.1) is 0 Å². The van der Waals surface area contributed by atoms with Crippen molar-refractivity contribution in [3.8, 4) is 0 Å². The van der Waals surface area contributed by atoms with Gasteiger partial charge in [-0.2, -0.15) is 0 Å². The van der Waals surface area contributed by atoms with E-state index in [9.17, 15) is 4.79 Å². The van der Waals surface area contributed by atoms with Crippen LogP contribution in [0.1, 0.15) is 58.3 Å². The first kappa shape index (κ1) is 11.1. The Morgan fingerprint density at radius 2 is 2.13 bits per heavy atom. The third-order valence-corrected chi connectivity index (χ3v) is 3.99. The van der Waals surface area contributed by atoms with E-state index in [-0.39, 0.29) is 0 Å². The summed E-state index contributed by atoms with van der Waals surface area (Å²) >= 11 is 0. The predicted octanol–water partition coefficient (Wildman–Crippen LogP) is 2.67. The number of Topliss-reactive ketones (excluding diaryl/α,β-unsaturated/α-hetero) is 1. The third kappa shape index (κ3) is 2.60. The van der Waals surface area contributed by atoms with Crippen molar-refractivity contribution in [1.29, 1.82) is 0 Å². The number of ketones is 1. The molecule has 86 valence electrons. The van der Waals surface area contributed by atoms with Crippen molar-refractivity contribution < 1.29 is 4.79 Å². The zero-order chi connectivity index (χ0) is 10.7. The molecule has 2 fully saturated rings. The number of carbonyl (C=O) groups excluding carboxylic acids is 1. The molecule has 0 aromatic heterocycles. The van der Waals surface area contributed by atoms with Crippen LogP contribution in [0.2, 0.25) is 0 Å². The molecule has 0 radical (unpaired) electrons. The summed E-state index contributed by atoms with van der Waals surface area (Å²) in [5.74, 6) is 0.899. The minimum atomic E-state index is 0.366. The van der Waals surface area contributed by atoms with E-state index in [0.717, 1.165) is 19.3 Å². The number of carbonyl (C=O) groups is 1. The fourth-order valence-corrected chi connectivity index (χ4v) is 3.09. The lowest BCUT2D eigenvalue weighted by Crippen LogP contribution is -2.28. The quantitative estimate of drug-likeness (QED) is 0.681. The van der Waals surface area contributed by atoms with Gasteiger partial charge in [0.2, 0.25) is 0 Å². The Labute approximate surface area is 92.8 Å². The van der Waals surface area contributed by atoms with Gasteiger partial charge >= 0.3 is 0 Å². The van der Waals surface area contributed by atoms with Gasteiger partial charge in [0.25, 0.3) is 0 Å². The summed E-state index contributed by atoms with van der Waals surface area (Å²) in [7, 11) is 0. The summed E-state index contributed by atoms with van der Waals surface area (Å²) in [6.07, 6.45) is 9.36. The van der Waals surface area contributed by atoms with Crippen LogP contribution in [-0.4, -0.2) is 17.9 Å². The Balaban J connectivity index is 1.68. The highest BCUT2D eigenvalue weighted by Crippen LogP contribution is 2.34. The fourth-order valence-electron chi connectivity index (χ4n) is 3.09. The first-order valence-corrected chi connectivity index (χ1v) is 6.60. The molecule has 2 heterocycles. The van der Waals surface area contributed by atoms with E-state index in [1.54, 1.807) is 0 Å². The van der Waals surface area contributed by atoms with Crippen molar-refractivity contribution in [2.45, 2.75) is 70.4 Å². The highest BCUT2D eigenvalue weighted by atomic mass is 16.1. The van der Waals surface area contributed by atoms with Crippen molar-refractivity contribution in [3.05, 3.63) is 0 Å². The summed E-state index contributed by atoms with van der Waals surface area (Å²) in [6, 6.07) is 1.20. The van der Waals surface area contributed by atoms with Gasteiger partial charge in [-0.3, -0.25) is 4.79 Å². The topological polar surface area (TPSA) is 29.1 Å². The second-order valence-electron chi connectivity index (χ2n) is 5.17. The Hall–Kier alpha value is -0.370. The molecular formula is C13H23NO. The SMILES string of the molecule is CCCCCCC(=O)C1CC2CCC1N2. The van der Waals surface area contributed by atoms with Gasteiger partial charge in [-0.05, 0) is 25.7 Å². The third-order valence-electron chi connectivity index (χ3n) is 3.99. The minimum Gasteiger partial charge on any atom is -0.310 e. The summed E-state index contributed by atoms with van der Waals surface area (Å²) in [5, 5.41) is 3.54. The molecule has 2 heteroatoms. The number of hydrogen-bond donors (Lipinski definition) is 1. The van der Waals surface area contributed by atoms with Crippen LogP contribution < -0.4 is 5.32 Å². The second kappa shape index (κ2) is 5.11. The number of unbranched alkanes of at least 4 members (excludes halogenated alkanes) is 3.